The van der Waals surface area contributed by atoms with Gasteiger partial charge in [0.25, 0.3) is 15.7 Å². The molecule has 0 aromatic heterocycles. The molecule has 0 radical (unpaired) electrons. The normalized spacial score (nSPS) is 16.7. The molecule has 2 atom stereocenters. The molecule has 0 bridgehead atoms. The van der Waals surface area contributed by atoms with E-state index in [1.165, 1.54) is 30.3 Å². The minimum absolute atomic E-state index is 0.131. The van der Waals surface area contributed by atoms with Crippen molar-refractivity contribution >= 4 is 63.3 Å². The Morgan fingerprint density at radius 2 is 1.54 bits per heavy atom. The molecule has 0 saturated carbocycles. The van der Waals surface area contributed by atoms with E-state index in [9.17, 15) is 30.9 Å². The Labute approximate surface area is 388 Å². The first-order valence-corrected chi connectivity index (χ1v) is 25.9. The van der Waals surface area contributed by atoms with Crippen molar-refractivity contribution in [3.05, 3.63) is 137 Å². The first-order valence-electron chi connectivity index (χ1n) is 21.4. The standard InChI is InChI=1S/C47H52ClF3N5O6PS2/c1-2-62-63(58,53-46(57)36-14-18-40(19-15-36)56-26-24-55(25-27-56)33-37-8-6-7-11-43(37)35-12-16-38(48)17-13-35)41-20-21-44(45(32-41)65(59,60)47(49,50)51)52-39(22-23-54-28-30-61-31-29-54)34-64-42-9-4-3-5-10-42/h3-21,32,39,52H,2,22-31,33-34H2,1H3,(H,53,57,58). The van der Waals surface area contributed by atoms with Crippen molar-refractivity contribution in [1.82, 2.24) is 14.9 Å². The number of ether oxygens (including phenoxy) is 1. The first kappa shape index (κ1) is 48.6. The second kappa shape index (κ2) is 21.9. The van der Waals surface area contributed by atoms with Crippen LogP contribution in [-0.4, -0.2) is 107 Å². The Morgan fingerprint density at radius 3 is 2.22 bits per heavy atom. The molecule has 2 N–H and O–H groups in total. The van der Waals surface area contributed by atoms with Crippen LogP contribution in [0.4, 0.5) is 24.5 Å². The van der Waals surface area contributed by atoms with Gasteiger partial charge in [-0.15, -0.1) is 11.8 Å². The monoisotopic (exact) mass is 969 g/mol. The van der Waals surface area contributed by atoms with Crippen molar-refractivity contribution in [2.24, 2.45) is 0 Å². The van der Waals surface area contributed by atoms with E-state index in [0.717, 1.165) is 60.5 Å². The predicted molar refractivity (Wildman–Crippen MR) is 253 cm³/mol. The molecule has 1 amide bonds. The van der Waals surface area contributed by atoms with Gasteiger partial charge in [0, 0.05) is 85.3 Å². The number of rotatable bonds is 18. The SMILES string of the molecule is CCOP(=O)(NC(=O)c1ccc(N2CCN(Cc3ccccc3-c3ccc(Cl)cc3)CC2)cc1)c1ccc(NC(CCN2CCOCC2)CSc2ccccc2)c(S(=O)(=O)C(F)(F)F)c1. The van der Waals surface area contributed by atoms with Crippen molar-refractivity contribution in [1.29, 1.82) is 0 Å². The van der Waals surface area contributed by atoms with Crippen LogP contribution in [0.25, 0.3) is 11.1 Å². The summed E-state index contributed by atoms with van der Waals surface area (Å²) < 4.78 is 95.0. The number of thioether (sulfide) groups is 1. The molecule has 2 unspecified atom stereocenters. The molecular formula is C47H52ClF3N5O6PS2. The molecule has 2 saturated heterocycles. The molecule has 0 aliphatic carbocycles. The highest BCUT2D eigenvalue weighted by Crippen LogP contribution is 2.44. The number of hydrogen-bond donors (Lipinski definition) is 2. The lowest BCUT2D eigenvalue weighted by atomic mass is 9.99. The van der Waals surface area contributed by atoms with Crippen LogP contribution in [-0.2, 0) is 30.2 Å². The Kier molecular flexibility index (Phi) is 16.4. The number of sulfone groups is 1. The van der Waals surface area contributed by atoms with Gasteiger partial charge in [-0.25, -0.2) is 8.42 Å². The Balaban J connectivity index is 1.05. The molecule has 346 valence electrons. The number of alkyl halides is 3. The first-order chi connectivity index (χ1) is 31.2. The highest BCUT2D eigenvalue weighted by Gasteiger charge is 2.49. The largest absolute Gasteiger partial charge is 0.501 e. The third-order valence-electron chi connectivity index (χ3n) is 11.3. The van der Waals surface area contributed by atoms with Crippen LogP contribution < -0.4 is 20.6 Å². The van der Waals surface area contributed by atoms with Gasteiger partial charge in [-0.2, -0.15) is 13.2 Å². The number of nitrogens with zero attached hydrogens (tertiary/aromatic N) is 3. The maximum Gasteiger partial charge on any atom is 0.501 e. The van der Waals surface area contributed by atoms with E-state index in [1.54, 1.807) is 24.3 Å². The van der Waals surface area contributed by atoms with Gasteiger partial charge in [0.05, 0.1) is 30.8 Å². The van der Waals surface area contributed by atoms with Crippen LogP contribution in [0.2, 0.25) is 5.02 Å². The summed E-state index contributed by atoms with van der Waals surface area (Å²) in [6.07, 6.45) is 0.483. The van der Waals surface area contributed by atoms with Gasteiger partial charge >= 0.3 is 13.0 Å². The summed E-state index contributed by atoms with van der Waals surface area (Å²) >= 11 is 7.61. The molecule has 65 heavy (non-hydrogen) atoms. The molecule has 2 heterocycles. The van der Waals surface area contributed by atoms with Crippen molar-refractivity contribution in [2.45, 2.75) is 41.2 Å². The summed E-state index contributed by atoms with van der Waals surface area (Å²) in [5.41, 5.74) is -1.50. The van der Waals surface area contributed by atoms with Crippen LogP contribution in [0.3, 0.4) is 0 Å². The van der Waals surface area contributed by atoms with Gasteiger partial charge in [0.2, 0.25) is 0 Å². The topological polar surface area (TPSA) is 121 Å². The number of piperazine rings is 1. The summed E-state index contributed by atoms with van der Waals surface area (Å²) in [5.74, 6) is -0.397. The number of halogens is 4. The summed E-state index contributed by atoms with van der Waals surface area (Å²) in [4.78, 5) is 20.3. The van der Waals surface area contributed by atoms with E-state index in [-0.39, 0.29) is 17.9 Å². The van der Waals surface area contributed by atoms with Gasteiger partial charge in [-0.3, -0.25) is 24.2 Å². The Morgan fingerprint density at radius 1 is 0.862 bits per heavy atom. The molecule has 0 spiro atoms. The molecule has 18 heteroatoms. The summed E-state index contributed by atoms with van der Waals surface area (Å²) in [6, 6.07) is 34.9. The fourth-order valence-electron chi connectivity index (χ4n) is 7.80. The quantitative estimate of drug-likeness (QED) is 0.0647. The zero-order valence-electron chi connectivity index (χ0n) is 35.9. The summed E-state index contributed by atoms with van der Waals surface area (Å²) in [6.45, 7) is 8.30. The lowest BCUT2D eigenvalue weighted by molar-refractivity contribution is -0.0435. The number of nitrogens with one attached hydrogen (secondary N) is 2. The van der Waals surface area contributed by atoms with Crippen LogP contribution in [0.1, 0.15) is 29.3 Å². The average molecular weight is 971 g/mol. The van der Waals surface area contributed by atoms with E-state index in [4.69, 9.17) is 20.9 Å². The molecule has 2 fully saturated rings. The molecule has 5 aromatic rings. The van der Waals surface area contributed by atoms with Crippen LogP contribution in [0.5, 0.6) is 0 Å². The molecule has 7 rings (SSSR count). The predicted octanol–water partition coefficient (Wildman–Crippen LogP) is 9.20. The van der Waals surface area contributed by atoms with Crippen LogP contribution in [0, 0.1) is 0 Å². The van der Waals surface area contributed by atoms with E-state index in [0.29, 0.717) is 56.1 Å². The third-order valence-corrected chi connectivity index (χ3v) is 16.4. The number of hydrogen-bond acceptors (Lipinski definition) is 11. The molecule has 2 aliphatic heterocycles. The summed E-state index contributed by atoms with van der Waals surface area (Å²) in [7, 11) is -10.5. The smallest absolute Gasteiger partial charge is 0.380 e. The maximum absolute atomic E-state index is 14.5. The van der Waals surface area contributed by atoms with E-state index < -0.39 is 45.0 Å². The van der Waals surface area contributed by atoms with E-state index in [2.05, 4.69) is 37.2 Å². The molecular weight excluding hydrogens is 918 g/mol. The zero-order valence-corrected chi connectivity index (χ0v) is 39.2. The van der Waals surface area contributed by atoms with Gasteiger partial charge in [-0.05, 0) is 96.8 Å². The molecule has 2 aliphatic rings. The molecule has 5 aromatic carbocycles. The highest BCUT2D eigenvalue weighted by molar-refractivity contribution is 7.99. The number of anilines is 2. The number of carbonyl (C=O) groups excluding carboxylic acids is 1. The number of amides is 1. The lowest BCUT2D eigenvalue weighted by Crippen LogP contribution is -2.46. The van der Waals surface area contributed by atoms with E-state index in [1.807, 2.05) is 66.7 Å². The molecule has 11 nitrogen and oxygen atoms in total. The van der Waals surface area contributed by atoms with Gasteiger partial charge in [-0.1, -0.05) is 66.2 Å². The minimum atomic E-state index is -5.98. The van der Waals surface area contributed by atoms with Crippen molar-refractivity contribution in [3.8, 4) is 11.1 Å². The van der Waals surface area contributed by atoms with Gasteiger partial charge < -0.3 is 19.5 Å². The van der Waals surface area contributed by atoms with Crippen molar-refractivity contribution in [2.75, 3.05) is 81.6 Å². The minimum Gasteiger partial charge on any atom is -0.380 e. The zero-order chi connectivity index (χ0) is 46.0. The van der Waals surface area contributed by atoms with E-state index >= 15 is 0 Å². The average Bonchev–Trinajstić information content (AvgIpc) is 3.31. The van der Waals surface area contributed by atoms with Crippen molar-refractivity contribution < 1.29 is 40.2 Å². The second-order valence-corrected chi connectivity index (χ2v) is 21.3. The number of benzene rings is 5. The summed E-state index contributed by atoms with van der Waals surface area (Å²) in [5, 5.41) is 5.76. The second-order valence-electron chi connectivity index (χ2n) is 15.7. The van der Waals surface area contributed by atoms with Crippen LogP contribution >= 0.6 is 30.9 Å². The number of morpholine rings is 1. The highest BCUT2D eigenvalue weighted by atomic mass is 35.5. The number of carbonyl (C=O) groups is 1. The van der Waals surface area contributed by atoms with Crippen LogP contribution in [0.15, 0.2) is 131 Å². The third kappa shape index (κ3) is 12.5. The fraction of sp³-hybridized carbons (Fsp3) is 0.340. The lowest BCUT2D eigenvalue weighted by Gasteiger charge is -2.36. The Hall–Kier alpha value is -4.38. The van der Waals surface area contributed by atoms with Gasteiger partial charge in [0.15, 0.2) is 0 Å². The van der Waals surface area contributed by atoms with Crippen molar-refractivity contribution in [3.63, 3.8) is 0 Å². The van der Waals surface area contributed by atoms with Gasteiger partial charge in [0.1, 0.15) is 4.90 Å². The Bertz CT molecular complexity index is 2530. The maximum atomic E-state index is 14.5. The fourth-order valence-corrected chi connectivity index (χ4v) is 11.6.